The molecular formula is C24H28N6O2. The fraction of sp³-hybridized carbons (Fsp3) is 0.333. The molecule has 1 aliphatic rings. The monoisotopic (exact) mass is 432 g/mol. The van der Waals surface area contributed by atoms with Crippen LogP contribution in [0.15, 0.2) is 60.0 Å². The molecule has 0 bridgehead atoms. The van der Waals surface area contributed by atoms with Gasteiger partial charge in [0.1, 0.15) is 11.7 Å². The summed E-state index contributed by atoms with van der Waals surface area (Å²) in [7, 11) is 0. The number of amidine groups is 1. The number of amides is 1. The molecule has 0 aliphatic heterocycles. The van der Waals surface area contributed by atoms with E-state index in [1.54, 1.807) is 32.3 Å². The molecule has 0 spiro atoms. The predicted octanol–water partition coefficient (Wildman–Crippen LogP) is 2.92. The third kappa shape index (κ3) is 4.40. The third-order valence-corrected chi connectivity index (χ3v) is 5.91. The molecule has 2 heterocycles. The van der Waals surface area contributed by atoms with Crippen LogP contribution in [0, 0.1) is 0 Å². The van der Waals surface area contributed by atoms with Crippen LogP contribution >= 0.6 is 0 Å². The van der Waals surface area contributed by atoms with Gasteiger partial charge in [-0.1, -0.05) is 30.7 Å². The first-order valence-corrected chi connectivity index (χ1v) is 10.6. The first-order chi connectivity index (χ1) is 15.2. The number of hydrogen-bond acceptors (Lipinski definition) is 5. The number of benzene rings is 1. The molecule has 2 aromatic heterocycles. The molecule has 166 valence electrons. The van der Waals surface area contributed by atoms with E-state index in [2.05, 4.69) is 15.1 Å². The average molecular weight is 433 g/mol. The highest BCUT2D eigenvalue weighted by Gasteiger charge is 2.42. The van der Waals surface area contributed by atoms with Gasteiger partial charge in [0.25, 0.3) is 5.91 Å². The van der Waals surface area contributed by atoms with Crippen molar-refractivity contribution in [2.24, 2.45) is 10.7 Å². The Balaban J connectivity index is 1.55. The molecule has 1 aromatic carbocycles. The second-order valence-corrected chi connectivity index (χ2v) is 9.03. The molecule has 1 aliphatic carbocycles. The Morgan fingerprint density at radius 1 is 1.16 bits per heavy atom. The largest absolute Gasteiger partial charge is 0.389 e. The minimum Gasteiger partial charge on any atom is -0.389 e. The molecule has 1 amide bonds. The van der Waals surface area contributed by atoms with Gasteiger partial charge in [-0.15, -0.1) is 0 Å². The molecule has 1 saturated carbocycles. The van der Waals surface area contributed by atoms with Crippen LogP contribution in [0.25, 0.3) is 11.1 Å². The maximum atomic E-state index is 12.7. The van der Waals surface area contributed by atoms with Crippen molar-refractivity contribution >= 4 is 17.6 Å². The highest BCUT2D eigenvalue weighted by atomic mass is 16.3. The van der Waals surface area contributed by atoms with E-state index in [0.29, 0.717) is 17.2 Å². The van der Waals surface area contributed by atoms with Crippen LogP contribution in [0.1, 0.15) is 49.0 Å². The van der Waals surface area contributed by atoms with Gasteiger partial charge < -0.3 is 16.6 Å². The second-order valence-electron chi connectivity index (χ2n) is 9.03. The molecule has 5 N–H and O–H groups in total. The van der Waals surface area contributed by atoms with E-state index in [1.807, 2.05) is 30.3 Å². The molecule has 4 rings (SSSR count). The van der Waals surface area contributed by atoms with Crippen molar-refractivity contribution in [2.45, 2.75) is 50.7 Å². The summed E-state index contributed by atoms with van der Waals surface area (Å²) in [4.78, 5) is 21.1. The normalized spacial score (nSPS) is 15.9. The summed E-state index contributed by atoms with van der Waals surface area (Å²) in [6.45, 7) is 3.64. The van der Waals surface area contributed by atoms with E-state index < -0.39 is 16.9 Å². The molecule has 8 heteroatoms. The Morgan fingerprint density at radius 2 is 1.84 bits per heavy atom. The Kier molecular flexibility index (Phi) is 5.56. The van der Waals surface area contributed by atoms with Gasteiger partial charge in [-0.25, -0.2) is 4.98 Å². The van der Waals surface area contributed by atoms with Gasteiger partial charge >= 0.3 is 0 Å². The number of nitrogens with zero attached hydrogens (tertiary/aromatic N) is 4. The minimum absolute atomic E-state index is 0.277. The molecular weight excluding hydrogens is 404 g/mol. The Bertz CT molecular complexity index is 1140. The molecule has 0 saturated heterocycles. The van der Waals surface area contributed by atoms with Crippen LogP contribution in [0.5, 0.6) is 0 Å². The van der Waals surface area contributed by atoms with Gasteiger partial charge in [-0.3, -0.25) is 9.48 Å². The molecule has 0 atom stereocenters. The summed E-state index contributed by atoms with van der Waals surface area (Å²) in [5.41, 5.74) is 14.1. The number of anilines is 1. The number of nitrogen functional groups attached to an aromatic ring is 1. The van der Waals surface area contributed by atoms with E-state index >= 15 is 0 Å². The van der Waals surface area contributed by atoms with E-state index in [1.165, 1.54) is 10.9 Å². The summed E-state index contributed by atoms with van der Waals surface area (Å²) in [6.07, 6.45) is 7.49. The topological polar surface area (TPSA) is 132 Å². The van der Waals surface area contributed by atoms with Gasteiger partial charge in [-0.2, -0.15) is 10.1 Å². The third-order valence-electron chi connectivity index (χ3n) is 5.91. The summed E-state index contributed by atoms with van der Waals surface area (Å²) < 4.78 is 1.53. The molecule has 1 fully saturated rings. The van der Waals surface area contributed by atoms with Crippen LogP contribution < -0.4 is 11.5 Å². The predicted molar refractivity (Wildman–Crippen MR) is 124 cm³/mol. The first kappa shape index (κ1) is 21.7. The highest BCUT2D eigenvalue weighted by Crippen LogP contribution is 2.44. The van der Waals surface area contributed by atoms with Crippen LogP contribution in [0.3, 0.4) is 0 Å². The standard InChI is InChI=1S/C24H28N6O2/c1-23(2,32)15-30-14-18(13-28-30)21(31)29-22(26)24(10-3-11-24)19-7-4-16(5-8-19)17-6-9-20(25)27-12-17/h4-9,12-14,32H,3,10-11,15H2,1-2H3,(H2,25,27)(H2,26,29,31). The maximum Gasteiger partial charge on any atom is 0.281 e. The number of carbonyl (C=O) groups excluding carboxylic acids is 1. The number of aromatic nitrogens is 3. The number of hydrogen-bond donors (Lipinski definition) is 3. The summed E-state index contributed by atoms with van der Waals surface area (Å²) >= 11 is 0. The van der Waals surface area contributed by atoms with E-state index in [0.717, 1.165) is 36.0 Å². The Labute approximate surface area is 187 Å². The van der Waals surface area contributed by atoms with Gasteiger partial charge in [0.05, 0.1) is 29.3 Å². The zero-order valence-electron chi connectivity index (χ0n) is 18.3. The van der Waals surface area contributed by atoms with Crippen LogP contribution in [-0.4, -0.2) is 37.2 Å². The molecule has 0 radical (unpaired) electrons. The fourth-order valence-corrected chi connectivity index (χ4v) is 4.02. The lowest BCUT2D eigenvalue weighted by molar-refractivity contribution is 0.0576. The molecule has 32 heavy (non-hydrogen) atoms. The number of carbonyl (C=O) groups is 1. The van der Waals surface area contributed by atoms with Crippen molar-refractivity contribution in [3.63, 3.8) is 0 Å². The van der Waals surface area contributed by atoms with Crippen molar-refractivity contribution in [1.29, 1.82) is 0 Å². The van der Waals surface area contributed by atoms with Crippen LogP contribution in [0.4, 0.5) is 5.82 Å². The zero-order chi connectivity index (χ0) is 22.9. The summed E-state index contributed by atoms with van der Waals surface area (Å²) in [5.74, 6) is 0.379. The van der Waals surface area contributed by atoms with Gasteiger partial charge in [0, 0.05) is 18.0 Å². The summed E-state index contributed by atoms with van der Waals surface area (Å²) in [6, 6.07) is 11.8. The second kappa shape index (κ2) is 8.20. The number of rotatable bonds is 6. The van der Waals surface area contributed by atoms with Crippen molar-refractivity contribution < 1.29 is 9.90 Å². The van der Waals surface area contributed by atoms with Crippen molar-refractivity contribution in [2.75, 3.05) is 5.73 Å². The minimum atomic E-state index is -0.931. The molecule has 3 aromatic rings. The smallest absolute Gasteiger partial charge is 0.281 e. The molecule has 0 unspecified atom stereocenters. The van der Waals surface area contributed by atoms with Gasteiger partial charge in [0.2, 0.25) is 0 Å². The van der Waals surface area contributed by atoms with Gasteiger partial charge in [-0.05, 0) is 49.9 Å². The van der Waals surface area contributed by atoms with E-state index in [-0.39, 0.29) is 6.54 Å². The molecule has 8 nitrogen and oxygen atoms in total. The zero-order valence-corrected chi connectivity index (χ0v) is 18.3. The van der Waals surface area contributed by atoms with Crippen molar-refractivity contribution in [1.82, 2.24) is 14.8 Å². The van der Waals surface area contributed by atoms with E-state index in [9.17, 15) is 9.90 Å². The maximum absolute atomic E-state index is 12.7. The number of aliphatic hydroxyl groups is 1. The quantitative estimate of drug-likeness (QED) is 0.405. The Morgan fingerprint density at radius 3 is 2.41 bits per heavy atom. The highest BCUT2D eigenvalue weighted by molar-refractivity contribution is 6.06. The lowest BCUT2D eigenvalue weighted by atomic mass is 9.63. The SMILES string of the molecule is CC(C)(O)Cn1cc(C(=O)N=C(N)C2(c3ccc(-c4ccc(N)nc4)cc3)CCC2)cn1. The number of pyridine rings is 1. The summed E-state index contributed by atoms with van der Waals surface area (Å²) in [5, 5.41) is 14.1. The Hall–Kier alpha value is -3.52. The lowest BCUT2D eigenvalue weighted by Gasteiger charge is -2.41. The number of aliphatic imine (C=N–C) groups is 1. The van der Waals surface area contributed by atoms with Crippen LogP contribution in [0.2, 0.25) is 0 Å². The first-order valence-electron chi connectivity index (χ1n) is 10.6. The van der Waals surface area contributed by atoms with Crippen molar-refractivity contribution in [3.05, 3.63) is 66.1 Å². The fourth-order valence-electron chi connectivity index (χ4n) is 4.02. The average Bonchev–Trinajstić information content (AvgIpc) is 3.15. The van der Waals surface area contributed by atoms with Crippen molar-refractivity contribution in [3.8, 4) is 11.1 Å². The van der Waals surface area contributed by atoms with Crippen LogP contribution in [-0.2, 0) is 12.0 Å². The van der Waals surface area contributed by atoms with E-state index in [4.69, 9.17) is 11.5 Å². The van der Waals surface area contributed by atoms with Gasteiger partial charge in [0.15, 0.2) is 0 Å². The number of nitrogens with two attached hydrogens (primary N) is 2. The lowest BCUT2D eigenvalue weighted by Crippen LogP contribution is -2.47.